The van der Waals surface area contributed by atoms with Crippen molar-refractivity contribution in [3.8, 4) is 11.8 Å². The molecule has 0 saturated carbocycles. The summed E-state index contributed by atoms with van der Waals surface area (Å²) in [6.45, 7) is 5.93. The Balaban J connectivity index is 2.71. The van der Waals surface area contributed by atoms with Gasteiger partial charge in [0.25, 0.3) is 0 Å². The highest BCUT2D eigenvalue weighted by Gasteiger charge is 2.14. The third-order valence-corrected chi connectivity index (χ3v) is 3.44. The van der Waals surface area contributed by atoms with Crippen LogP contribution in [0.4, 0.5) is 4.39 Å². The molecule has 0 heterocycles. The van der Waals surface area contributed by atoms with Gasteiger partial charge in [-0.3, -0.25) is 0 Å². The molecule has 0 aromatic heterocycles. The number of hydrogen-bond acceptors (Lipinski definition) is 1. The van der Waals surface area contributed by atoms with E-state index >= 15 is 0 Å². The van der Waals surface area contributed by atoms with Crippen LogP contribution in [0.15, 0.2) is 18.2 Å². The fourth-order valence-electron chi connectivity index (χ4n) is 2.00. The van der Waals surface area contributed by atoms with Crippen LogP contribution >= 0.6 is 0 Å². The molecule has 1 N–H and O–H groups in total. The lowest BCUT2D eigenvalue weighted by atomic mass is 9.93. The Hall–Kier alpha value is -1.33. The van der Waals surface area contributed by atoms with Crippen LogP contribution in [0, 0.1) is 30.5 Å². The van der Waals surface area contributed by atoms with Gasteiger partial charge in [0.2, 0.25) is 0 Å². The molecule has 0 spiro atoms. The van der Waals surface area contributed by atoms with E-state index in [1.54, 1.807) is 19.1 Å². The number of aliphatic hydroxyl groups excluding tert-OH is 1. The largest absolute Gasteiger partial charge is 0.380 e. The van der Waals surface area contributed by atoms with Gasteiger partial charge in [-0.25, -0.2) is 4.39 Å². The SMILES string of the molecule is CCCCC(CC)C(O)C#Cc1ccc(C)c(F)c1. The summed E-state index contributed by atoms with van der Waals surface area (Å²) in [5, 5.41) is 10.1. The molecule has 0 bridgehead atoms. The van der Waals surface area contributed by atoms with Gasteiger partial charge >= 0.3 is 0 Å². The molecule has 2 unspecified atom stereocenters. The van der Waals surface area contributed by atoms with Crippen molar-refractivity contribution in [1.29, 1.82) is 0 Å². The summed E-state index contributed by atoms with van der Waals surface area (Å²) in [7, 11) is 0. The van der Waals surface area contributed by atoms with E-state index in [0.29, 0.717) is 11.1 Å². The van der Waals surface area contributed by atoms with Crippen molar-refractivity contribution in [2.45, 2.75) is 52.6 Å². The van der Waals surface area contributed by atoms with Crippen molar-refractivity contribution < 1.29 is 9.50 Å². The van der Waals surface area contributed by atoms with Gasteiger partial charge in [0.05, 0.1) is 0 Å². The van der Waals surface area contributed by atoms with E-state index in [2.05, 4.69) is 25.7 Å². The fraction of sp³-hybridized carbons (Fsp3) is 0.529. The highest BCUT2D eigenvalue weighted by Crippen LogP contribution is 2.16. The predicted molar refractivity (Wildman–Crippen MR) is 77.3 cm³/mol. The van der Waals surface area contributed by atoms with E-state index < -0.39 is 6.10 Å². The summed E-state index contributed by atoms with van der Waals surface area (Å²) < 4.78 is 13.4. The summed E-state index contributed by atoms with van der Waals surface area (Å²) in [5.74, 6) is 5.67. The highest BCUT2D eigenvalue weighted by atomic mass is 19.1. The van der Waals surface area contributed by atoms with Gasteiger partial charge in [0.15, 0.2) is 0 Å². The summed E-state index contributed by atoms with van der Waals surface area (Å²) in [6.07, 6.45) is 3.51. The van der Waals surface area contributed by atoms with Crippen molar-refractivity contribution >= 4 is 0 Å². The van der Waals surface area contributed by atoms with E-state index in [-0.39, 0.29) is 11.7 Å². The third-order valence-electron chi connectivity index (χ3n) is 3.44. The zero-order chi connectivity index (χ0) is 14.3. The van der Waals surface area contributed by atoms with Crippen molar-refractivity contribution in [2.75, 3.05) is 0 Å². The lowest BCUT2D eigenvalue weighted by Crippen LogP contribution is -2.17. The van der Waals surface area contributed by atoms with Gasteiger partial charge in [-0.2, -0.15) is 0 Å². The monoisotopic (exact) mass is 262 g/mol. The second-order valence-corrected chi connectivity index (χ2v) is 4.99. The maximum atomic E-state index is 13.4. The first kappa shape index (κ1) is 15.7. The Morgan fingerprint density at radius 3 is 2.63 bits per heavy atom. The molecular weight excluding hydrogens is 239 g/mol. The number of rotatable bonds is 5. The molecule has 0 fully saturated rings. The van der Waals surface area contributed by atoms with Crippen LogP contribution in [-0.4, -0.2) is 11.2 Å². The first-order chi connectivity index (χ1) is 9.08. The van der Waals surface area contributed by atoms with Gasteiger partial charge in [0.1, 0.15) is 11.9 Å². The highest BCUT2D eigenvalue weighted by molar-refractivity contribution is 5.37. The Labute approximate surface area is 115 Å². The van der Waals surface area contributed by atoms with Crippen molar-refractivity contribution in [3.05, 3.63) is 35.1 Å². The molecule has 0 radical (unpaired) electrons. The molecule has 0 saturated heterocycles. The van der Waals surface area contributed by atoms with E-state index in [1.165, 1.54) is 6.07 Å². The minimum absolute atomic E-state index is 0.211. The lowest BCUT2D eigenvalue weighted by Gasteiger charge is -2.16. The normalized spacial score (nSPS) is 13.5. The second-order valence-electron chi connectivity index (χ2n) is 4.99. The molecule has 104 valence electrons. The summed E-state index contributed by atoms with van der Waals surface area (Å²) in [6, 6.07) is 4.91. The molecule has 0 aliphatic heterocycles. The Morgan fingerprint density at radius 2 is 2.05 bits per heavy atom. The summed E-state index contributed by atoms with van der Waals surface area (Å²) in [5.41, 5.74) is 1.23. The van der Waals surface area contributed by atoms with Crippen molar-refractivity contribution in [2.24, 2.45) is 5.92 Å². The molecule has 2 heteroatoms. The van der Waals surface area contributed by atoms with E-state index in [9.17, 15) is 9.50 Å². The average molecular weight is 262 g/mol. The van der Waals surface area contributed by atoms with E-state index in [0.717, 1.165) is 25.7 Å². The van der Waals surface area contributed by atoms with Crippen LogP contribution in [-0.2, 0) is 0 Å². The summed E-state index contributed by atoms with van der Waals surface area (Å²) >= 11 is 0. The maximum Gasteiger partial charge on any atom is 0.127 e. The zero-order valence-electron chi connectivity index (χ0n) is 12.0. The second kappa shape index (κ2) is 7.96. The topological polar surface area (TPSA) is 20.2 Å². The molecule has 1 aromatic rings. The quantitative estimate of drug-likeness (QED) is 0.793. The first-order valence-electron chi connectivity index (χ1n) is 7.04. The van der Waals surface area contributed by atoms with Crippen LogP contribution in [0.5, 0.6) is 0 Å². The molecule has 19 heavy (non-hydrogen) atoms. The number of halogens is 1. The Morgan fingerprint density at radius 1 is 1.32 bits per heavy atom. The minimum Gasteiger partial charge on any atom is -0.380 e. The maximum absolute atomic E-state index is 13.4. The van der Waals surface area contributed by atoms with Crippen LogP contribution in [0.25, 0.3) is 0 Å². The lowest BCUT2D eigenvalue weighted by molar-refractivity contribution is 0.150. The number of hydrogen-bond donors (Lipinski definition) is 1. The number of aryl methyl sites for hydroxylation is 1. The molecule has 0 amide bonds. The Kier molecular flexibility index (Phi) is 6.59. The number of aliphatic hydroxyl groups is 1. The molecule has 0 aliphatic rings. The third kappa shape index (κ3) is 5.04. The molecule has 0 aliphatic carbocycles. The van der Waals surface area contributed by atoms with Gasteiger partial charge in [-0.15, -0.1) is 0 Å². The first-order valence-corrected chi connectivity index (χ1v) is 7.04. The zero-order valence-corrected chi connectivity index (χ0v) is 12.0. The molecular formula is C17H23FO. The van der Waals surface area contributed by atoms with Crippen LogP contribution < -0.4 is 0 Å². The van der Waals surface area contributed by atoms with Crippen molar-refractivity contribution in [3.63, 3.8) is 0 Å². The van der Waals surface area contributed by atoms with Gasteiger partial charge in [0, 0.05) is 5.56 Å². The summed E-state index contributed by atoms with van der Waals surface area (Å²) in [4.78, 5) is 0. The Bertz CT molecular complexity index is 456. The molecule has 1 aromatic carbocycles. The minimum atomic E-state index is -0.624. The van der Waals surface area contributed by atoms with Gasteiger partial charge in [-0.1, -0.05) is 44.6 Å². The van der Waals surface area contributed by atoms with Crippen molar-refractivity contribution in [1.82, 2.24) is 0 Å². The van der Waals surface area contributed by atoms with Crippen LogP contribution in [0.3, 0.4) is 0 Å². The van der Waals surface area contributed by atoms with E-state index in [4.69, 9.17) is 0 Å². The smallest absolute Gasteiger partial charge is 0.127 e. The van der Waals surface area contributed by atoms with E-state index in [1.807, 2.05) is 0 Å². The average Bonchev–Trinajstić information content (AvgIpc) is 2.41. The standard InChI is InChI=1S/C17H23FO/c1-4-6-7-15(5-2)17(19)11-10-14-9-8-13(3)16(18)12-14/h8-9,12,15,17,19H,4-7H2,1-3H3. The van der Waals surface area contributed by atoms with Crippen LogP contribution in [0.1, 0.15) is 50.7 Å². The van der Waals surface area contributed by atoms with Gasteiger partial charge < -0.3 is 5.11 Å². The number of benzene rings is 1. The van der Waals surface area contributed by atoms with Crippen LogP contribution in [0.2, 0.25) is 0 Å². The van der Waals surface area contributed by atoms with Gasteiger partial charge in [-0.05, 0) is 43.4 Å². The fourth-order valence-corrected chi connectivity index (χ4v) is 2.00. The molecule has 2 atom stereocenters. The number of unbranched alkanes of at least 4 members (excludes halogenated alkanes) is 1. The molecule has 1 nitrogen and oxygen atoms in total. The predicted octanol–water partition coefficient (Wildman–Crippen LogP) is 4.06. The molecule has 1 rings (SSSR count).